The van der Waals surface area contributed by atoms with E-state index in [1.807, 2.05) is 50.9 Å². The minimum atomic E-state index is -0.437. The zero-order valence-corrected chi connectivity index (χ0v) is 15.6. The first kappa shape index (κ1) is 17.7. The molecule has 1 saturated heterocycles. The third-order valence-electron chi connectivity index (χ3n) is 4.53. The molecule has 1 N–H and O–H groups in total. The lowest BCUT2D eigenvalue weighted by atomic mass is 10.1. The van der Waals surface area contributed by atoms with Gasteiger partial charge in [0.25, 0.3) is 0 Å². The molecule has 2 heterocycles. The monoisotopic (exact) mass is 344 g/mol. The highest BCUT2D eigenvalue weighted by Gasteiger charge is 2.29. The third-order valence-corrected chi connectivity index (χ3v) is 4.53. The number of rotatable bonds is 4. The SMILES string of the molecule is Cn1c(CNCC2CCN(C(=O)OC(C)(C)C)C2)nc2ccccc21. The third kappa shape index (κ3) is 4.31. The van der Waals surface area contributed by atoms with Crippen molar-refractivity contribution >= 4 is 17.1 Å². The Hall–Kier alpha value is -2.08. The maximum absolute atomic E-state index is 12.1. The normalized spacial score (nSPS) is 18.1. The molecule has 6 nitrogen and oxygen atoms in total. The number of nitrogens with one attached hydrogen (secondary N) is 1. The minimum Gasteiger partial charge on any atom is -0.444 e. The summed E-state index contributed by atoms with van der Waals surface area (Å²) in [5.74, 6) is 1.49. The van der Waals surface area contributed by atoms with E-state index < -0.39 is 5.60 Å². The van der Waals surface area contributed by atoms with Crippen molar-refractivity contribution in [2.75, 3.05) is 19.6 Å². The summed E-state index contributed by atoms with van der Waals surface area (Å²) < 4.78 is 7.58. The molecule has 1 aliphatic heterocycles. The minimum absolute atomic E-state index is 0.203. The first-order valence-electron chi connectivity index (χ1n) is 8.92. The van der Waals surface area contributed by atoms with Gasteiger partial charge in [-0.25, -0.2) is 9.78 Å². The van der Waals surface area contributed by atoms with Gasteiger partial charge in [-0.15, -0.1) is 0 Å². The van der Waals surface area contributed by atoms with Crippen LogP contribution in [0.4, 0.5) is 4.79 Å². The van der Waals surface area contributed by atoms with Crippen LogP contribution in [0.15, 0.2) is 24.3 Å². The summed E-state index contributed by atoms with van der Waals surface area (Å²) in [7, 11) is 2.05. The number of benzene rings is 1. The predicted octanol–water partition coefficient (Wildman–Crippen LogP) is 2.92. The van der Waals surface area contributed by atoms with Crippen LogP contribution in [0, 0.1) is 5.92 Å². The molecule has 1 aromatic carbocycles. The Kier molecular flexibility index (Phi) is 4.99. The molecule has 1 unspecified atom stereocenters. The molecule has 3 rings (SSSR count). The molecule has 1 amide bonds. The number of imidazole rings is 1. The van der Waals surface area contributed by atoms with E-state index in [4.69, 9.17) is 4.74 Å². The van der Waals surface area contributed by atoms with Crippen molar-refractivity contribution in [1.29, 1.82) is 0 Å². The molecule has 0 spiro atoms. The number of para-hydroxylation sites is 2. The number of aromatic nitrogens is 2. The van der Waals surface area contributed by atoms with Crippen molar-refractivity contribution < 1.29 is 9.53 Å². The Bertz CT molecular complexity index is 747. The van der Waals surface area contributed by atoms with Gasteiger partial charge in [0, 0.05) is 26.7 Å². The van der Waals surface area contributed by atoms with Gasteiger partial charge in [0.1, 0.15) is 11.4 Å². The van der Waals surface area contributed by atoms with E-state index in [0.717, 1.165) is 49.5 Å². The largest absolute Gasteiger partial charge is 0.444 e. The van der Waals surface area contributed by atoms with E-state index in [1.165, 1.54) is 0 Å². The number of hydrogen-bond acceptors (Lipinski definition) is 4. The van der Waals surface area contributed by atoms with Gasteiger partial charge < -0.3 is 19.5 Å². The van der Waals surface area contributed by atoms with Crippen molar-refractivity contribution in [3.8, 4) is 0 Å². The second kappa shape index (κ2) is 7.04. The van der Waals surface area contributed by atoms with E-state index in [0.29, 0.717) is 5.92 Å². The number of carbonyl (C=O) groups is 1. The number of carbonyl (C=O) groups excluding carboxylic acids is 1. The number of fused-ring (bicyclic) bond motifs is 1. The molecule has 1 aliphatic rings. The topological polar surface area (TPSA) is 59.4 Å². The fourth-order valence-electron chi connectivity index (χ4n) is 3.23. The van der Waals surface area contributed by atoms with Crippen molar-refractivity contribution in [3.05, 3.63) is 30.1 Å². The van der Waals surface area contributed by atoms with Crippen molar-refractivity contribution in [1.82, 2.24) is 19.8 Å². The zero-order chi connectivity index (χ0) is 18.0. The number of ether oxygens (including phenoxy) is 1. The van der Waals surface area contributed by atoms with E-state index in [2.05, 4.69) is 20.9 Å². The summed E-state index contributed by atoms with van der Waals surface area (Å²) >= 11 is 0. The standard InChI is InChI=1S/C19H28N4O2/c1-19(2,3)25-18(24)23-10-9-14(13-23)11-20-12-17-21-15-7-5-6-8-16(15)22(17)4/h5-8,14,20H,9-13H2,1-4H3. The highest BCUT2D eigenvalue weighted by molar-refractivity contribution is 5.75. The summed E-state index contributed by atoms with van der Waals surface area (Å²) in [6.45, 7) is 8.83. The summed E-state index contributed by atoms with van der Waals surface area (Å²) in [6, 6.07) is 8.16. The summed E-state index contributed by atoms with van der Waals surface area (Å²) in [5, 5.41) is 3.49. The van der Waals surface area contributed by atoms with Crippen molar-refractivity contribution in [3.63, 3.8) is 0 Å². The first-order chi connectivity index (χ1) is 11.8. The van der Waals surface area contributed by atoms with Crippen LogP contribution in [0.25, 0.3) is 11.0 Å². The first-order valence-corrected chi connectivity index (χ1v) is 8.92. The Morgan fingerprint density at radius 2 is 2.12 bits per heavy atom. The fourth-order valence-corrected chi connectivity index (χ4v) is 3.23. The number of hydrogen-bond donors (Lipinski definition) is 1. The molecule has 25 heavy (non-hydrogen) atoms. The zero-order valence-electron chi connectivity index (χ0n) is 15.6. The molecule has 0 radical (unpaired) electrons. The summed E-state index contributed by atoms with van der Waals surface area (Å²) in [5.41, 5.74) is 1.74. The molecule has 0 bridgehead atoms. The Balaban J connectivity index is 1.48. The van der Waals surface area contributed by atoms with Crippen LogP contribution in [0.3, 0.4) is 0 Å². The molecule has 0 saturated carbocycles. The number of likely N-dealkylation sites (tertiary alicyclic amines) is 1. The molecule has 136 valence electrons. The second-order valence-corrected chi connectivity index (χ2v) is 7.79. The van der Waals surface area contributed by atoms with Gasteiger partial charge in [0.2, 0.25) is 0 Å². The van der Waals surface area contributed by atoms with Crippen LogP contribution in [0.5, 0.6) is 0 Å². The number of aryl methyl sites for hydroxylation is 1. The smallest absolute Gasteiger partial charge is 0.410 e. The van der Waals surface area contributed by atoms with Crippen LogP contribution in [-0.4, -0.2) is 45.8 Å². The Morgan fingerprint density at radius 1 is 1.36 bits per heavy atom. The van der Waals surface area contributed by atoms with Gasteiger partial charge >= 0.3 is 6.09 Å². The van der Waals surface area contributed by atoms with Gasteiger partial charge in [-0.1, -0.05) is 12.1 Å². The Labute approximate surface area is 149 Å². The quantitative estimate of drug-likeness (QED) is 0.926. The van der Waals surface area contributed by atoms with Crippen LogP contribution < -0.4 is 5.32 Å². The average molecular weight is 344 g/mol. The van der Waals surface area contributed by atoms with Gasteiger partial charge in [-0.3, -0.25) is 0 Å². The van der Waals surface area contributed by atoms with Crippen molar-refractivity contribution in [2.45, 2.75) is 39.3 Å². The van der Waals surface area contributed by atoms with Gasteiger partial charge in [0.05, 0.1) is 17.6 Å². The predicted molar refractivity (Wildman–Crippen MR) is 98.3 cm³/mol. The lowest BCUT2D eigenvalue weighted by molar-refractivity contribution is 0.0288. The average Bonchev–Trinajstić information content (AvgIpc) is 3.12. The number of amides is 1. The molecule has 1 fully saturated rings. The molecular weight excluding hydrogens is 316 g/mol. The van der Waals surface area contributed by atoms with Gasteiger partial charge in [-0.05, 0) is 45.2 Å². The maximum Gasteiger partial charge on any atom is 0.410 e. The molecule has 0 aliphatic carbocycles. The Morgan fingerprint density at radius 3 is 2.84 bits per heavy atom. The molecular formula is C19H28N4O2. The fraction of sp³-hybridized carbons (Fsp3) is 0.579. The van der Waals surface area contributed by atoms with Gasteiger partial charge in [-0.2, -0.15) is 0 Å². The lowest BCUT2D eigenvalue weighted by Crippen LogP contribution is -2.36. The van der Waals surface area contributed by atoms with E-state index in [9.17, 15) is 4.79 Å². The van der Waals surface area contributed by atoms with Crippen molar-refractivity contribution in [2.24, 2.45) is 13.0 Å². The van der Waals surface area contributed by atoms with E-state index in [-0.39, 0.29) is 6.09 Å². The molecule has 6 heteroatoms. The second-order valence-electron chi connectivity index (χ2n) is 7.79. The summed E-state index contributed by atoms with van der Waals surface area (Å²) in [6.07, 6.45) is 0.805. The van der Waals surface area contributed by atoms with Gasteiger partial charge in [0.15, 0.2) is 0 Å². The maximum atomic E-state index is 12.1. The van der Waals surface area contributed by atoms with Crippen LogP contribution in [-0.2, 0) is 18.3 Å². The number of nitrogens with zero attached hydrogens (tertiary/aromatic N) is 3. The summed E-state index contributed by atoms with van der Waals surface area (Å²) in [4.78, 5) is 18.6. The van der Waals surface area contributed by atoms with E-state index >= 15 is 0 Å². The molecule has 1 aromatic heterocycles. The molecule has 1 atom stereocenters. The van der Waals surface area contributed by atoms with Crippen LogP contribution >= 0.6 is 0 Å². The molecule has 2 aromatic rings. The van der Waals surface area contributed by atoms with Crippen LogP contribution in [0.2, 0.25) is 0 Å². The highest BCUT2D eigenvalue weighted by atomic mass is 16.6. The van der Waals surface area contributed by atoms with Crippen LogP contribution in [0.1, 0.15) is 33.0 Å². The highest BCUT2D eigenvalue weighted by Crippen LogP contribution is 2.19. The lowest BCUT2D eigenvalue weighted by Gasteiger charge is -2.24. The van der Waals surface area contributed by atoms with E-state index in [1.54, 1.807) is 0 Å².